The molecule has 3 aromatic rings. The normalized spacial score (nSPS) is 11.1. The lowest BCUT2D eigenvalue weighted by Gasteiger charge is -2.13. The molecule has 0 atom stereocenters. The number of Topliss-reactive ketones (excluding diaryl/α,β-unsaturated/α-hetero) is 1. The van der Waals surface area contributed by atoms with Gasteiger partial charge in [-0.1, -0.05) is 19.8 Å². The Morgan fingerprint density at radius 2 is 1.93 bits per heavy atom. The predicted molar refractivity (Wildman–Crippen MR) is 120 cm³/mol. The Kier molecular flexibility index (Phi) is 7.44. The number of oxazole rings is 1. The fraction of sp³-hybridized carbons (Fsp3) is 0.458. The van der Waals surface area contributed by atoms with Gasteiger partial charge in [0, 0.05) is 44.8 Å². The molecule has 0 saturated carbocycles. The van der Waals surface area contributed by atoms with Gasteiger partial charge in [0.2, 0.25) is 0 Å². The highest BCUT2D eigenvalue weighted by atomic mass is 16.5. The van der Waals surface area contributed by atoms with Crippen molar-refractivity contribution in [3.8, 4) is 17.1 Å². The SMILES string of the molecule is CCC(=O)CCCCCCc1ncc(-c2cc3ccc(N(C)C)nc3cc2OC)o1. The Labute approximate surface area is 178 Å². The van der Waals surface area contributed by atoms with Crippen LogP contribution in [0.15, 0.2) is 34.9 Å². The van der Waals surface area contributed by atoms with E-state index in [1.54, 1.807) is 13.3 Å². The summed E-state index contributed by atoms with van der Waals surface area (Å²) < 4.78 is 11.6. The average molecular weight is 410 g/mol. The number of aromatic nitrogens is 2. The number of nitrogens with zero attached hydrogens (tertiary/aromatic N) is 3. The molecule has 3 rings (SSSR count). The van der Waals surface area contributed by atoms with Crippen LogP contribution in [0.25, 0.3) is 22.2 Å². The van der Waals surface area contributed by atoms with Crippen LogP contribution in [0.5, 0.6) is 5.75 Å². The molecule has 0 unspecified atom stereocenters. The number of carbonyl (C=O) groups is 1. The molecule has 2 heterocycles. The number of anilines is 1. The minimum atomic E-state index is 0.352. The van der Waals surface area contributed by atoms with E-state index in [0.29, 0.717) is 30.1 Å². The quantitative estimate of drug-likeness (QED) is 0.393. The van der Waals surface area contributed by atoms with Crippen molar-refractivity contribution in [1.82, 2.24) is 9.97 Å². The number of benzene rings is 1. The zero-order valence-corrected chi connectivity index (χ0v) is 18.4. The Morgan fingerprint density at radius 3 is 2.67 bits per heavy atom. The van der Waals surface area contributed by atoms with Crippen LogP contribution < -0.4 is 9.64 Å². The Morgan fingerprint density at radius 1 is 1.13 bits per heavy atom. The summed E-state index contributed by atoms with van der Waals surface area (Å²) in [5, 5.41) is 1.02. The lowest BCUT2D eigenvalue weighted by atomic mass is 10.1. The van der Waals surface area contributed by atoms with Crippen LogP contribution in [0.1, 0.15) is 51.3 Å². The number of hydrogen-bond acceptors (Lipinski definition) is 6. The van der Waals surface area contributed by atoms with Crippen LogP contribution in [0.2, 0.25) is 0 Å². The molecule has 0 radical (unpaired) electrons. The van der Waals surface area contributed by atoms with Gasteiger partial charge in [-0.15, -0.1) is 0 Å². The summed E-state index contributed by atoms with van der Waals surface area (Å²) in [7, 11) is 5.60. The molecule has 0 N–H and O–H groups in total. The van der Waals surface area contributed by atoms with Crippen LogP contribution in [-0.4, -0.2) is 37.0 Å². The van der Waals surface area contributed by atoms with E-state index in [0.717, 1.165) is 60.3 Å². The van der Waals surface area contributed by atoms with Crippen molar-refractivity contribution in [2.45, 2.75) is 51.9 Å². The Balaban J connectivity index is 1.66. The topological polar surface area (TPSA) is 68.5 Å². The highest BCUT2D eigenvalue weighted by Gasteiger charge is 2.14. The van der Waals surface area contributed by atoms with Gasteiger partial charge in [0.05, 0.1) is 24.4 Å². The van der Waals surface area contributed by atoms with Crippen LogP contribution >= 0.6 is 0 Å². The number of ether oxygens (including phenoxy) is 1. The molecule has 2 aromatic heterocycles. The largest absolute Gasteiger partial charge is 0.496 e. The van der Waals surface area contributed by atoms with E-state index >= 15 is 0 Å². The van der Waals surface area contributed by atoms with E-state index in [1.165, 1.54) is 0 Å². The minimum Gasteiger partial charge on any atom is -0.496 e. The van der Waals surface area contributed by atoms with E-state index in [4.69, 9.17) is 9.15 Å². The van der Waals surface area contributed by atoms with E-state index in [9.17, 15) is 4.79 Å². The second kappa shape index (κ2) is 10.2. The summed E-state index contributed by atoms with van der Waals surface area (Å²) in [5.74, 6) is 3.41. The number of carbonyl (C=O) groups excluding carboxylic acids is 1. The van der Waals surface area contributed by atoms with E-state index in [-0.39, 0.29) is 0 Å². The third kappa shape index (κ3) is 5.38. The minimum absolute atomic E-state index is 0.352. The maximum absolute atomic E-state index is 11.3. The highest BCUT2D eigenvalue weighted by molar-refractivity contribution is 5.88. The summed E-state index contributed by atoms with van der Waals surface area (Å²) >= 11 is 0. The van der Waals surface area contributed by atoms with Gasteiger partial charge in [0.15, 0.2) is 11.7 Å². The monoisotopic (exact) mass is 409 g/mol. The lowest BCUT2D eigenvalue weighted by Crippen LogP contribution is -2.10. The molecule has 0 amide bonds. The molecule has 0 aliphatic carbocycles. The number of hydrogen-bond donors (Lipinski definition) is 0. The molecule has 0 spiro atoms. The van der Waals surface area contributed by atoms with Gasteiger partial charge in [-0.05, 0) is 31.0 Å². The molecular formula is C24H31N3O3. The van der Waals surface area contributed by atoms with E-state index in [1.807, 2.05) is 44.1 Å². The van der Waals surface area contributed by atoms with Gasteiger partial charge in [0.1, 0.15) is 17.4 Å². The van der Waals surface area contributed by atoms with Gasteiger partial charge >= 0.3 is 0 Å². The van der Waals surface area contributed by atoms with Crippen LogP contribution in [-0.2, 0) is 11.2 Å². The van der Waals surface area contributed by atoms with Crippen molar-refractivity contribution >= 4 is 22.5 Å². The zero-order valence-electron chi connectivity index (χ0n) is 18.4. The Hall–Kier alpha value is -2.89. The number of unbranched alkanes of at least 4 members (excludes halogenated alkanes) is 3. The molecule has 160 valence electrons. The second-order valence-electron chi connectivity index (χ2n) is 7.73. The van der Waals surface area contributed by atoms with Gasteiger partial charge in [0.25, 0.3) is 0 Å². The lowest BCUT2D eigenvalue weighted by molar-refractivity contribution is -0.118. The first-order valence-corrected chi connectivity index (χ1v) is 10.6. The van der Waals surface area contributed by atoms with Crippen LogP contribution in [0, 0.1) is 0 Å². The van der Waals surface area contributed by atoms with E-state index < -0.39 is 0 Å². The Bertz CT molecular complexity index is 995. The van der Waals surface area contributed by atoms with Gasteiger partial charge in [-0.3, -0.25) is 4.79 Å². The molecule has 0 fully saturated rings. The first-order valence-electron chi connectivity index (χ1n) is 10.6. The number of rotatable bonds is 11. The first-order chi connectivity index (χ1) is 14.5. The van der Waals surface area contributed by atoms with Gasteiger partial charge in [-0.25, -0.2) is 9.97 Å². The van der Waals surface area contributed by atoms with Crippen LogP contribution in [0.4, 0.5) is 5.82 Å². The molecule has 0 saturated heterocycles. The van der Waals surface area contributed by atoms with Crippen molar-refractivity contribution < 1.29 is 13.9 Å². The van der Waals surface area contributed by atoms with Crippen molar-refractivity contribution in [2.24, 2.45) is 0 Å². The predicted octanol–water partition coefficient (Wildman–Crippen LogP) is 5.44. The highest BCUT2D eigenvalue weighted by Crippen LogP contribution is 2.34. The smallest absolute Gasteiger partial charge is 0.194 e. The molecule has 0 aliphatic heterocycles. The number of aryl methyl sites for hydroxylation is 1. The first kappa shape index (κ1) is 21.8. The summed E-state index contributed by atoms with van der Waals surface area (Å²) in [6.07, 6.45) is 8.03. The maximum Gasteiger partial charge on any atom is 0.194 e. The summed E-state index contributed by atoms with van der Waals surface area (Å²) in [6, 6.07) is 8.03. The third-order valence-corrected chi connectivity index (χ3v) is 5.26. The molecule has 0 aliphatic rings. The van der Waals surface area contributed by atoms with Crippen molar-refractivity contribution in [3.63, 3.8) is 0 Å². The standard InChI is InChI=1S/C24H31N3O3/c1-5-18(28)10-8-6-7-9-11-24-25-16-22(30-24)19-14-17-12-13-23(27(2)3)26-20(17)15-21(19)29-4/h12-16H,5-11H2,1-4H3. The van der Waals surface area contributed by atoms with Gasteiger partial charge < -0.3 is 14.1 Å². The number of ketones is 1. The van der Waals surface area contributed by atoms with Gasteiger partial charge in [-0.2, -0.15) is 0 Å². The third-order valence-electron chi connectivity index (χ3n) is 5.26. The number of methoxy groups -OCH3 is 1. The fourth-order valence-corrected chi connectivity index (χ4v) is 3.43. The summed E-state index contributed by atoms with van der Waals surface area (Å²) in [5.41, 5.74) is 1.75. The van der Waals surface area contributed by atoms with Crippen molar-refractivity contribution in [2.75, 3.05) is 26.1 Å². The number of fused-ring (bicyclic) bond motifs is 1. The fourth-order valence-electron chi connectivity index (χ4n) is 3.43. The van der Waals surface area contributed by atoms with Crippen molar-refractivity contribution in [3.05, 3.63) is 36.4 Å². The number of pyridine rings is 1. The van der Waals surface area contributed by atoms with Crippen LogP contribution in [0.3, 0.4) is 0 Å². The van der Waals surface area contributed by atoms with E-state index in [2.05, 4.69) is 16.0 Å². The second-order valence-corrected chi connectivity index (χ2v) is 7.73. The average Bonchev–Trinajstić information content (AvgIpc) is 3.23. The molecule has 6 nitrogen and oxygen atoms in total. The molecule has 30 heavy (non-hydrogen) atoms. The molecular weight excluding hydrogens is 378 g/mol. The molecule has 0 bridgehead atoms. The van der Waals surface area contributed by atoms with Crippen molar-refractivity contribution in [1.29, 1.82) is 0 Å². The maximum atomic E-state index is 11.3. The zero-order chi connectivity index (χ0) is 21.5. The summed E-state index contributed by atoms with van der Waals surface area (Å²) in [6.45, 7) is 1.92. The summed E-state index contributed by atoms with van der Waals surface area (Å²) in [4.78, 5) is 22.4. The molecule has 1 aromatic carbocycles. The molecule has 6 heteroatoms.